The van der Waals surface area contributed by atoms with Gasteiger partial charge in [0.05, 0.1) is 20.1 Å². The summed E-state index contributed by atoms with van der Waals surface area (Å²) in [5.41, 5.74) is 1.21. The van der Waals surface area contributed by atoms with Crippen LogP contribution in [0.2, 0.25) is 0 Å². The van der Waals surface area contributed by atoms with Gasteiger partial charge in [0, 0.05) is 36.7 Å². The number of nitrogens with zero attached hydrogens (tertiary/aromatic N) is 1. The molecule has 1 heterocycles. The van der Waals surface area contributed by atoms with E-state index in [0.717, 1.165) is 5.56 Å². The number of ether oxygens (including phenoxy) is 2. The first kappa shape index (κ1) is 22.6. The summed E-state index contributed by atoms with van der Waals surface area (Å²) in [5, 5.41) is 3.00. The van der Waals surface area contributed by atoms with Crippen molar-refractivity contribution >= 4 is 11.8 Å². The monoisotopic (exact) mass is 428 g/mol. The molecule has 1 aliphatic rings. The first-order valence-corrected chi connectivity index (χ1v) is 10.4. The molecular weight excluding hydrogens is 399 g/mol. The van der Waals surface area contributed by atoms with Gasteiger partial charge in [0.15, 0.2) is 11.5 Å². The molecule has 1 fully saturated rings. The van der Waals surface area contributed by atoms with Crippen LogP contribution in [0.5, 0.6) is 11.5 Å². The van der Waals surface area contributed by atoms with Crippen molar-refractivity contribution in [2.75, 3.05) is 33.9 Å². The highest BCUT2D eigenvalue weighted by Crippen LogP contribution is 2.42. The number of benzene rings is 2. The Morgan fingerprint density at radius 3 is 2.42 bits per heavy atom. The summed E-state index contributed by atoms with van der Waals surface area (Å²) in [6, 6.07) is 11.0. The predicted octanol–water partition coefficient (Wildman–Crippen LogP) is 3.47. The Morgan fingerprint density at radius 1 is 1.10 bits per heavy atom. The molecule has 166 valence electrons. The van der Waals surface area contributed by atoms with Gasteiger partial charge in [-0.2, -0.15) is 0 Å². The predicted molar refractivity (Wildman–Crippen MR) is 116 cm³/mol. The molecule has 1 saturated heterocycles. The lowest BCUT2D eigenvalue weighted by Gasteiger charge is -2.22. The van der Waals surface area contributed by atoms with E-state index in [1.165, 1.54) is 24.3 Å². The van der Waals surface area contributed by atoms with E-state index in [1.807, 2.05) is 26.0 Å². The maximum Gasteiger partial charge on any atom is 0.253 e. The van der Waals surface area contributed by atoms with Crippen molar-refractivity contribution in [2.45, 2.75) is 19.8 Å². The molecule has 0 spiro atoms. The second-order valence-corrected chi connectivity index (χ2v) is 8.15. The summed E-state index contributed by atoms with van der Waals surface area (Å²) in [5.74, 6) is 0.0159. The van der Waals surface area contributed by atoms with Crippen LogP contribution >= 0.6 is 0 Å². The highest BCUT2D eigenvalue weighted by Gasteiger charge is 2.42. The normalized spacial score (nSPS) is 18.2. The Labute approximate surface area is 182 Å². The van der Waals surface area contributed by atoms with Gasteiger partial charge in [0.1, 0.15) is 5.82 Å². The lowest BCUT2D eigenvalue weighted by molar-refractivity contribution is -0.125. The maximum absolute atomic E-state index is 13.3. The van der Waals surface area contributed by atoms with Crippen LogP contribution in [0.3, 0.4) is 0 Å². The smallest absolute Gasteiger partial charge is 0.253 e. The second-order valence-electron chi connectivity index (χ2n) is 8.15. The molecule has 0 saturated carbocycles. The molecule has 7 heteroatoms. The third-order valence-electron chi connectivity index (χ3n) is 5.55. The lowest BCUT2D eigenvalue weighted by Crippen LogP contribution is -2.37. The number of hydrogen-bond acceptors (Lipinski definition) is 4. The van der Waals surface area contributed by atoms with Gasteiger partial charge >= 0.3 is 0 Å². The number of hydrogen-bond donors (Lipinski definition) is 1. The van der Waals surface area contributed by atoms with Crippen molar-refractivity contribution in [3.63, 3.8) is 0 Å². The fourth-order valence-corrected chi connectivity index (χ4v) is 3.97. The number of rotatable bonds is 7. The Kier molecular flexibility index (Phi) is 7.15. The SMILES string of the molecule is COc1cccc(C2CN(C(=O)c3ccc(F)cc3)CC2C(=O)NCC(C)C)c1OC. The van der Waals surface area contributed by atoms with Crippen LogP contribution in [0, 0.1) is 17.7 Å². The minimum Gasteiger partial charge on any atom is -0.493 e. The van der Waals surface area contributed by atoms with Crippen LogP contribution in [0.15, 0.2) is 42.5 Å². The number of amides is 2. The summed E-state index contributed by atoms with van der Waals surface area (Å²) in [7, 11) is 3.12. The van der Waals surface area contributed by atoms with Gasteiger partial charge in [-0.3, -0.25) is 9.59 Å². The summed E-state index contributed by atoms with van der Waals surface area (Å²) in [6.45, 7) is 5.23. The minimum atomic E-state index is -0.441. The first-order chi connectivity index (χ1) is 14.8. The third kappa shape index (κ3) is 4.98. The zero-order chi connectivity index (χ0) is 22.5. The van der Waals surface area contributed by atoms with Gasteiger partial charge < -0.3 is 19.7 Å². The van der Waals surface area contributed by atoms with E-state index in [9.17, 15) is 14.0 Å². The Bertz CT molecular complexity index is 930. The van der Waals surface area contributed by atoms with Gasteiger partial charge in [0.25, 0.3) is 5.91 Å². The third-order valence-corrected chi connectivity index (χ3v) is 5.55. The number of halogens is 1. The second kappa shape index (κ2) is 9.81. The molecular formula is C24H29FN2O4. The summed E-state index contributed by atoms with van der Waals surface area (Å²) < 4.78 is 24.3. The molecule has 1 aliphatic heterocycles. The number of carbonyl (C=O) groups is 2. The summed E-state index contributed by atoms with van der Waals surface area (Å²) in [4.78, 5) is 27.8. The van der Waals surface area contributed by atoms with Crippen LogP contribution in [-0.2, 0) is 4.79 Å². The van der Waals surface area contributed by atoms with Crippen molar-refractivity contribution < 1.29 is 23.5 Å². The van der Waals surface area contributed by atoms with Crippen LogP contribution in [0.4, 0.5) is 4.39 Å². The topological polar surface area (TPSA) is 67.9 Å². The molecule has 2 unspecified atom stereocenters. The highest BCUT2D eigenvalue weighted by molar-refractivity contribution is 5.95. The van der Waals surface area contributed by atoms with Crippen LogP contribution in [0.1, 0.15) is 35.7 Å². The van der Waals surface area contributed by atoms with E-state index in [4.69, 9.17) is 9.47 Å². The molecule has 2 amide bonds. The fourth-order valence-electron chi connectivity index (χ4n) is 3.97. The molecule has 31 heavy (non-hydrogen) atoms. The van der Waals surface area contributed by atoms with Crippen LogP contribution < -0.4 is 14.8 Å². The molecule has 2 aromatic rings. The van der Waals surface area contributed by atoms with E-state index in [2.05, 4.69) is 5.32 Å². The maximum atomic E-state index is 13.3. The molecule has 1 N–H and O–H groups in total. The lowest BCUT2D eigenvalue weighted by atomic mass is 9.87. The number of carbonyl (C=O) groups excluding carboxylic acids is 2. The molecule has 3 rings (SSSR count). The zero-order valence-corrected chi connectivity index (χ0v) is 18.4. The average molecular weight is 429 g/mol. The number of methoxy groups -OCH3 is 2. The van der Waals surface area contributed by atoms with Crippen molar-refractivity contribution in [1.82, 2.24) is 10.2 Å². The molecule has 0 radical (unpaired) electrons. The molecule has 0 aromatic heterocycles. The van der Waals surface area contributed by atoms with E-state index in [-0.39, 0.29) is 24.3 Å². The molecule has 2 atom stereocenters. The van der Waals surface area contributed by atoms with Gasteiger partial charge in [-0.05, 0) is 36.2 Å². The summed E-state index contributed by atoms with van der Waals surface area (Å²) >= 11 is 0. The largest absolute Gasteiger partial charge is 0.493 e. The number of likely N-dealkylation sites (tertiary alicyclic amines) is 1. The summed E-state index contributed by atoms with van der Waals surface area (Å²) in [6.07, 6.45) is 0. The molecule has 0 bridgehead atoms. The highest BCUT2D eigenvalue weighted by atomic mass is 19.1. The molecule has 2 aromatic carbocycles. The van der Waals surface area contributed by atoms with Gasteiger partial charge in [-0.25, -0.2) is 4.39 Å². The zero-order valence-electron chi connectivity index (χ0n) is 18.4. The minimum absolute atomic E-state index is 0.0991. The van der Waals surface area contributed by atoms with Gasteiger partial charge in [-0.1, -0.05) is 26.0 Å². The molecule has 0 aliphatic carbocycles. The van der Waals surface area contributed by atoms with Crippen LogP contribution in [0.25, 0.3) is 0 Å². The number of para-hydroxylation sites is 1. The van der Waals surface area contributed by atoms with E-state index < -0.39 is 11.7 Å². The standard InChI is InChI=1S/C24H29FN2O4/c1-15(2)12-26-23(28)20-14-27(24(29)16-8-10-17(25)11-9-16)13-19(20)18-6-5-7-21(30-3)22(18)31-4/h5-11,15,19-20H,12-14H2,1-4H3,(H,26,28). The Balaban J connectivity index is 1.93. The van der Waals surface area contributed by atoms with Crippen molar-refractivity contribution in [2.24, 2.45) is 11.8 Å². The van der Waals surface area contributed by atoms with E-state index in [1.54, 1.807) is 25.2 Å². The Morgan fingerprint density at radius 2 is 1.81 bits per heavy atom. The average Bonchev–Trinajstić information content (AvgIpc) is 3.22. The Hall–Kier alpha value is -3.09. The van der Waals surface area contributed by atoms with Crippen molar-refractivity contribution in [3.05, 3.63) is 59.4 Å². The number of nitrogens with one attached hydrogen (secondary N) is 1. The first-order valence-electron chi connectivity index (χ1n) is 10.4. The van der Waals surface area contributed by atoms with E-state index in [0.29, 0.717) is 36.1 Å². The van der Waals surface area contributed by atoms with E-state index >= 15 is 0 Å². The van der Waals surface area contributed by atoms with Crippen LogP contribution in [-0.4, -0.2) is 50.6 Å². The molecule has 6 nitrogen and oxygen atoms in total. The van der Waals surface area contributed by atoms with Gasteiger partial charge in [-0.15, -0.1) is 0 Å². The quantitative estimate of drug-likeness (QED) is 0.733. The fraction of sp³-hybridized carbons (Fsp3) is 0.417. The van der Waals surface area contributed by atoms with Crippen molar-refractivity contribution in [3.8, 4) is 11.5 Å². The van der Waals surface area contributed by atoms with Gasteiger partial charge in [0.2, 0.25) is 5.91 Å². The van der Waals surface area contributed by atoms with Crippen molar-refractivity contribution in [1.29, 1.82) is 0 Å².